The van der Waals surface area contributed by atoms with Crippen molar-refractivity contribution in [2.45, 2.75) is 39.8 Å². The molecule has 0 radical (unpaired) electrons. The van der Waals surface area contributed by atoms with Crippen LogP contribution < -0.4 is 20.6 Å². The smallest absolute Gasteiger partial charge is 0.261 e. The quantitative estimate of drug-likeness (QED) is 0.382. The molecule has 0 aliphatic rings. The maximum atomic E-state index is 12.9. The van der Waals surface area contributed by atoms with Crippen molar-refractivity contribution in [1.29, 1.82) is 0 Å². The van der Waals surface area contributed by atoms with Crippen LogP contribution in [0, 0.1) is 6.92 Å². The van der Waals surface area contributed by atoms with E-state index in [-0.39, 0.29) is 30.0 Å². The van der Waals surface area contributed by atoms with Crippen molar-refractivity contribution in [1.82, 2.24) is 24.4 Å². The van der Waals surface area contributed by atoms with E-state index in [4.69, 9.17) is 9.47 Å². The number of ether oxygens (including phenoxy) is 2. The Morgan fingerprint density at radius 1 is 1.11 bits per heavy atom. The van der Waals surface area contributed by atoms with Crippen molar-refractivity contribution in [3.8, 4) is 11.5 Å². The molecule has 0 bridgehead atoms. The van der Waals surface area contributed by atoms with Crippen LogP contribution in [0.25, 0.3) is 21.8 Å². The van der Waals surface area contributed by atoms with Gasteiger partial charge >= 0.3 is 0 Å². The Morgan fingerprint density at radius 3 is 2.58 bits per heavy atom. The van der Waals surface area contributed by atoms with Gasteiger partial charge in [0.05, 0.1) is 48.9 Å². The molecule has 0 unspecified atom stereocenters. The molecule has 2 heterocycles. The Labute approximate surface area is 207 Å². The Morgan fingerprint density at radius 2 is 1.86 bits per heavy atom. The summed E-state index contributed by atoms with van der Waals surface area (Å²) in [5.41, 5.74) is 1.66. The van der Waals surface area contributed by atoms with E-state index < -0.39 is 0 Å². The topological polar surface area (TPSA) is 119 Å². The lowest BCUT2D eigenvalue weighted by molar-refractivity contribution is -0.131. The third-order valence-corrected chi connectivity index (χ3v) is 6.18. The average Bonchev–Trinajstić information content (AvgIpc) is 2.88. The van der Waals surface area contributed by atoms with Crippen LogP contribution in [-0.2, 0) is 17.9 Å². The number of H-pyrrole nitrogens is 1. The minimum absolute atomic E-state index is 0.0924. The highest BCUT2D eigenvalue weighted by molar-refractivity contribution is 5.82. The number of methoxy groups -OCH3 is 2. The zero-order valence-electron chi connectivity index (χ0n) is 20.8. The van der Waals surface area contributed by atoms with Gasteiger partial charge in [0.15, 0.2) is 11.5 Å². The van der Waals surface area contributed by atoms with Gasteiger partial charge in [-0.2, -0.15) is 0 Å². The van der Waals surface area contributed by atoms with Gasteiger partial charge in [-0.05, 0) is 38.0 Å². The van der Waals surface area contributed by atoms with Gasteiger partial charge in [-0.15, -0.1) is 0 Å². The lowest BCUT2D eigenvalue weighted by atomic mass is 10.1. The highest BCUT2D eigenvalue weighted by Gasteiger charge is 2.16. The monoisotopic (exact) mass is 491 g/mol. The van der Waals surface area contributed by atoms with E-state index in [0.29, 0.717) is 58.6 Å². The fourth-order valence-electron chi connectivity index (χ4n) is 4.20. The van der Waals surface area contributed by atoms with Crippen molar-refractivity contribution in [2.75, 3.05) is 20.8 Å². The second-order valence-electron chi connectivity index (χ2n) is 8.46. The third kappa shape index (κ3) is 4.93. The molecule has 10 nitrogen and oxygen atoms in total. The van der Waals surface area contributed by atoms with Crippen LogP contribution in [0.4, 0.5) is 0 Å². The van der Waals surface area contributed by atoms with Gasteiger partial charge in [0.25, 0.3) is 11.1 Å². The molecule has 0 aliphatic carbocycles. The number of rotatable bonds is 9. The average molecular weight is 492 g/mol. The van der Waals surface area contributed by atoms with Gasteiger partial charge in [0.2, 0.25) is 5.91 Å². The highest BCUT2D eigenvalue weighted by Crippen LogP contribution is 2.30. The molecule has 0 spiro atoms. The molecule has 10 heteroatoms. The van der Waals surface area contributed by atoms with Crippen LogP contribution in [0.3, 0.4) is 0 Å². The molecule has 4 rings (SSSR count). The molecule has 0 saturated carbocycles. The number of aromatic nitrogens is 4. The molecule has 2 aromatic carbocycles. The molecule has 0 fully saturated rings. The highest BCUT2D eigenvalue weighted by atomic mass is 16.5. The third-order valence-electron chi connectivity index (χ3n) is 6.18. The Hall–Kier alpha value is -4.21. The van der Waals surface area contributed by atoms with Crippen molar-refractivity contribution in [3.05, 3.63) is 68.8 Å². The Kier molecular flexibility index (Phi) is 7.33. The molecule has 188 valence electrons. The maximum Gasteiger partial charge on any atom is 0.261 e. The number of hydrogen-bond donors (Lipinski definition) is 1. The number of nitrogens with one attached hydrogen (secondary N) is 1. The van der Waals surface area contributed by atoms with Crippen LogP contribution in [0.1, 0.15) is 31.2 Å². The number of carbonyl (C=O) groups excluding carboxylic acids is 1. The summed E-state index contributed by atoms with van der Waals surface area (Å²) in [5.74, 6) is 1.18. The first-order valence-electron chi connectivity index (χ1n) is 11.7. The number of carbonyl (C=O) groups is 1. The van der Waals surface area contributed by atoms with Crippen molar-refractivity contribution in [2.24, 2.45) is 0 Å². The van der Waals surface area contributed by atoms with Crippen LogP contribution in [0.15, 0.2) is 46.2 Å². The molecule has 4 aromatic rings. The standard InChI is InChI=1S/C26H29N5O5/c1-5-30(14-22-28-19-13-21(36-4)20(35-3)12-18(19)25(33)29-22)23(32)10-7-11-31-15-27-24-16(2)8-6-9-17(24)26(31)34/h6,8-9,12-13,15H,5,7,10-11,14H2,1-4H3,(H,28,29,33). The molecular weight excluding hydrogens is 462 g/mol. The van der Waals surface area contributed by atoms with Crippen molar-refractivity contribution < 1.29 is 14.3 Å². The zero-order valence-corrected chi connectivity index (χ0v) is 20.8. The lowest BCUT2D eigenvalue weighted by Gasteiger charge is -2.20. The summed E-state index contributed by atoms with van der Waals surface area (Å²) in [5, 5.41) is 0.940. The largest absolute Gasteiger partial charge is 0.493 e. The number of aryl methyl sites for hydroxylation is 2. The molecule has 0 atom stereocenters. The number of fused-ring (bicyclic) bond motifs is 2. The van der Waals surface area contributed by atoms with E-state index in [1.54, 1.807) is 23.1 Å². The number of benzene rings is 2. The second kappa shape index (κ2) is 10.6. The van der Waals surface area contributed by atoms with Crippen molar-refractivity contribution in [3.63, 3.8) is 0 Å². The van der Waals surface area contributed by atoms with Gasteiger partial charge < -0.3 is 19.4 Å². The summed E-state index contributed by atoms with van der Waals surface area (Å²) in [6, 6.07) is 8.74. The van der Waals surface area contributed by atoms with Gasteiger partial charge in [-0.25, -0.2) is 9.97 Å². The van der Waals surface area contributed by atoms with Crippen LogP contribution in [-0.4, -0.2) is 51.1 Å². The van der Waals surface area contributed by atoms with E-state index in [9.17, 15) is 14.4 Å². The van der Waals surface area contributed by atoms with Gasteiger partial charge in [0, 0.05) is 25.6 Å². The fraction of sp³-hybridized carbons (Fsp3) is 0.346. The lowest BCUT2D eigenvalue weighted by Crippen LogP contribution is -2.32. The number of nitrogens with zero attached hydrogens (tertiary/aromatic N) is 4. The molecule has 0 saturated heterocycles. The van der Waals surface area contributed by atoms with E-state index >= 15 is 0 Å². The van der Waals surface area contributed by atoms with Gasteiger partial charge in [-0.3, -0.25) is 19.0 Å². The van der Waals surface area contributed by atoms with Crippen molar-refractivity contribution >= 4 is 27.7 Å². The van der Waals surface area contributed by atoms with E-state index in [2.05, 4.69) is 15.0 Å². The number of aromatic amines is 1. The first kappa shape index (κ1) is 24.9. The van der Waals surface area contributed by atoms with Crippen LogP contribution in [0.2, 0.25) is 0 Å². The van der Waals surface area contributed by atoms with Gasteiger partial charge in [0.1, 0.15) is 5.82 Å². The minimum atomic E-state index is -0.321. The second-order valence-corrected chi connectivity index (χ2v) is 8.46. The predicted molar refractivity (Wildman–Crippen MR) is 137 cm³/mol. The number of hydrogen-bond acceptors (Lipinski definition) is 7. The van der Waals surface area contributed by atoms with E-state index in [0.717, 1.165) is 5.56 Å². The van der Waals surface area contributed by atoms with Crippen LogP contribution in [0.5, 0.6) is 11.5 Å². The summed E-state index contributed by atoms with van der Waals surface area (Å²) in [7, 11) is 3.01. The SMILES string of the molecule is CCN(Cc1nc2cc(OC)c(OC)cc2c(=O)[nH]1)C(=O)CCCn1cnc2c(C)cccc2c1=O. The van der Waals surface area contributed by atoms with Crippen LogP contribution >= 0.6 is 0 Å². The Bertz CT molecular complexity index is 1540. The van der Waals surface area contributed by atoms with E-state index in [1.807, 2.05) is 26.0 Å². The summed E-state index contributed by atoms with van der Waals surface area (Å²) >= 11 is 0. The van der Waals surface area contributed by atoms with E-state index in [1.165, 1.54) is 25.1 Å². The summed E-state index contributed by atoms with van der Waals surface area (Å²) < 4.78 is 12.1. The fourth-order valence-corrected chi connectivity index (χ4v) is 4.20. The molecule has 2 aromatic heterocycles. The molecule has 36 heavy (non-hydrogen) atoms. The number of para-hydroxylation sites is 1. The first-order valence-corrected chi connectivity index (χ1v) is 11.7. The molecular formula is C26H29N5O5. The Balaban J connectivity index is 1.45. The minimum Gasteiger partial charge on any atom is -0.493 e. The molecule has 0 aliphatic heterocycles. The zero-order chi connectivity index (χ0) is 25.8. The first-order chi connectivity index (χ1) is 17.4. The summed E-state index contributed by atoms with van der Waals surface area (Å²) in [4.78, 5) is 51.7. The summed E-state index contributed by atoms with van der Waals surface area (Å²) in [6.45, 7) is 4.77. The van der Waals surface area contributed by atoms with Gasteiger partial charge in [-0.1, -0.05) is 12.1 Å². The maximum absolute atomic E-state index is 12.9. The molecule has 1 amide bonds. The predicted octanol–water partition coefficient (Wildman–Crippen LogP) is 2.79. The molecule has 1 N–H and O–H groups in total. The summed E-state index contributed by atoms with van der Waals surface area (Å²) in [6.07, 6.45) is 2.26. The normalized spacial score (nSPS) is 11.1. The number of amides is 1.